The lowest BCUT2D eigenvalue weighted by Gasteiger charge is -2.22. The molecular weight excluding hydrogens is 274 g/mol. The number of fused-ring (bicyclic) bond motifs is 1. The quantitative estimate of drug-likeness (QED) is 0.910. The van der Waals surface area contributed by atoms with Crippen molar-refractivity contribution in [2.45, 2.75) is 38.3 Å². The fourth-order valence-electron chi connectivity index (χ4n) is 2.47. The molecule has 2 aromatic rings. The summed E-state index contributed by atoms with van der Waals surface area (Å²) in [7, 11) is 0. The summed E-state index contributed by atoms with van der Waals surface area (Å²) in [4.78, 5) is 16.5. The van der Waals surface area contributed by atoms with Crippen LogP contribution < -0.4 is 11.1 Å². The van der Waals surface area contributed by atoms with Gasteiger partial charge in [0, 0.05) is 17.4 Å². The molecule has 2 heterocycles. The molecule has 2 atom stereocenters. The van der Waals surface area contributed by atoms with Crippen LogP contribution in [0.2, 0.25) is 0 Å². The molecule has 2 aromatic heterocycles. The number of hydrogen-bond donors (Lipinski definition) is 2. The smallest absolute Gasteiger partial charge is 0.271 e. The number of furan rings is 1. The number of nitrogens with one attached hydrogen (secondary N) is 1. The maximum Gasteiger partial charge on any atom is 0.271 e. The molecule has 1 aliphatic rings. The van der Waals surface area contributed by atoms with Crippen molar-refractivity contribution in [2.24, 2.45) is 5.73 Å². The third kappa shape index (κ3) is 2.48. The van der Waals surface area contributed by atoms with Crippen molar-refractivity contribution >= 4 is 17.2 Å². The molecule has 20 heavy (non-hydrogen) atoms. The van der Waals surface area contributed by atoms with Crippen LogP contribution >= 0.6 is 11.3 Å². The molecule has 0 saturated carbocycles. The number of carbonyl (C=O) groups excluding carboxylic acids is 1. The topological polar surface area (TPSA) is 81.1 Å². The third-order valence-electron chi connectivity index (χ3n) is 3.50. The monoisotopic (exact) mass is 291 g/mol. The highest BCUT2D eigenvalue weighted by Gasteiger charge is 2.25. The Bertz CT molecular complexity index is 617. The molecule has 1 amide bonds. The lowest BCUT2D eigenvalue weighted by Crippen LogP contribution is -2.30. The van der Waals surface area contributed by atoms with Crippen LogP contribution in [0.1, 0.15) is 58.7 Å². The Morgan fingerprint density at radius 1 is 1.65 bits per heavy atom. The van der Waals surface area contributed by atoms with Crippen molar-refractivity contribution in [3.05, 3.63) is 39.7 Å². The van der Waals surface area contributed by atoms with Gasteiger partial charge in [-0.2, -0.15) is 0 Å². The first-order valence-corrected chi connectivity index (χ1v) is 7.61. The number of aryl methyl sites for hydroxylation is 1. The second-order valence-electron chi connectivity index (χ2n) is 5.08. The Kier molecular flexibility index (Phi) is 3.58. The maximum absolute atomic E-state index is 12.2. The Morgan fingerprint density at radius 3 is 3.25 bits per heavy atom. The summed E-state index contributed by atoms with van der Waals surface area (Å²) < 4.78 is 5.43. The number of aromatic nitrogens is 1. The molecule has 0 saturated heterocycles. The van der Waals surface area contributed by atoms with Crippen LogP contribution in [-0.4, -0.2) is 10.9 Å². The summed E-state index contributed by atoms with van der Waals surface area (Å²) in [6.45, 7) is 1.86. The summed E-state index contributed by atoms with van der Waals surface area (Å²) in [5.41, 5.74) is 7.30. The van der Waals surface area contributed by atoms with Gasteiger partial charge >= 0.3 is 0 Å². The molecule has 0 fully saturated rings. The lowest BCUT2D eigenvalue weighted by atomic mass is 9.93. The van der Waals surface area contributed by atoms with E-state index in [1.54, 1.807) is 11.6 Å². The van der Waals surface area contributed by atoms with Crippen molar-refractivity contribution < 1.29 is 9.21 Å². The van der Waals surface area contributed by atoms with Gasteiger partial charge in [-0.1, -0.05) is 0 Å². The molecule has 0 radical (unpaired) electrons. The van der Waals surface area contributed by atoms with Crippen LogP contribution in [-0.2, 0) is 6.42 Å². The molecule has 2 unspecified atom stereocenters. The van der Waals surface area contributed by atoms with Crippen LogP contribution in [0.25, 0.3) is 0 Å². The van der Waals surface area contributed by atoms with Crippen LogP contribution in [0.3, 0.4) is 0 Å². The normalized spacial score (nSPS) is 19.4. The summed E-state index contributed by atoms with van der Waals surface area (Å²) in [5.74, 6) is 0.836. The maximum atomic E-state index is 12.2. The molecule has 0 bridgehead atoms. The minimum Gasteiger partial charge on any atom is -0.469 e. The van der Waals surface area contributed by atoms with Crippen molar-refractivity contribution in [1.29, 1.82) is 0 Å². The minimum atomic E-state index is -0.146. The van der Waals surface area contributed by atoms with E-state index in [-0.39, 0.29) is 18.0 Å². The zero-order chi connectivity index (χ0) is 14.1. The highest BCUT2D eigenvalue weighted by molar-refractivity contribution is 7.09. The van der Waals surface area contributed by atoms with Gasteiger partial charge in [0.25, 0.3) is 5.91 Å². The first kappa shape index (κ1) is 13.3. The van der Waals surface area contributed by atoms with Crippen LogP contribution in [0.15, 0.2) is 22.1 Å². The molecule has 6 heteroatoms. The SMILES string of the molecule is CC(N)c1nc(C(=O)NC2CCCc3occc32)cs1. The molecule has 106 valence electrons. The van der Waals surface area contributed by atoms with E-state index in [0.29, 0.717) is 5.69 Å². The Labute approximate surface area is 121 Å². The standard InChI is InChI=1S/C14H17N3O2S/c1-8(15)14-17-11(7-20-14)13(18)16-10-3-2-4-12-9(10)5-6-19-12/h5-8,10H,2-4,15H2,1H3,(H,16,18). The number of hydrogen-bond acceptors (Lipinski definition) is 5. The number of nitrogens with zero attached hydrogens (tertiary/aromatic N) is 1. The van der Waals surface area contributed by atoms with Crippen LogP contribution in [0.5, 0.6) is 0 Å². The zero-order valence-corrected chi connectivity index (χ0v) is 12.1. The molecule has 3 N–H and O–H groups in total. The molecule has 5 nitrogen and oxygen atoms in total. The van der Waals surface area contributed by atoms with Crippen LogP contribution in [0.4, 0.5) is 0 Å². The Morgan fingerprint density at radius 2 is 2.50 bits per heavy atom. The second-order valence-corrected chi connectivity index (χ2v) is 5.97. The second kappa shape index (κ2) is 5.38. The van der Waals surface area contributed by atoms with E-state index in [0.717, 1.165) is 35.6 Å². The fraction of sp³-hybridized carbons (Fsp3) is 0.429. The zero-order valence-electron chi connectivity index (χ0n) is 11.3. The molecule has 0 aromatic carbocycles. The highest BCUT2D eigenvalue weighted by atomic mass is 32.1. The van der Waals surface area contributed by atoms with Gasteiger partial charge in [0.15, 0.2) is 0 Å². The molecule has 3 rings (SSSR count). The number of rotatable bonds is 3. The summed E-state index contributed by atoms with van der Waals surface area (Å²) in [6, 6.07) is 1.82. The lowest BCUT2D eigenvalue weighted by molar-refractivity contribution is 0.0927. The van der Waals surface area contributed by atoms with Crippen molar-refractivity contribution in [1.82, 2.24) is 10.3 Å². The highest BCUT2D eigenvalue weighted by Crippen LogP contribution is 2.30. The van der Waals surface area contributed by atoms with Gasteiger partial charge in [0.2, 0.25) is 0 Å². The van der Waals surface area contributed by atoms with E-state index < -0.39 is 0 Å². The van der Waals surface area contributed by atoms with Gasteiger partial charge in [-0.05, 0) is 25.8 Å². The molecular formula is C14H17N3O2S. The average molecular weight is 291 g/mol. The number of amides is 1. The van der Waals surface area contributed by atoms with E-state index in [9.17, 15) is 4.79 Å². The van der Waals surface area contributed by atoms with E-state index in [4.69, 9.17) is 10.2 Å². The van der Waals surface area contributed by atoms with Gasteiger partial charge in [0.05, 0.1) is 18.3 Å². The van der Waals surface area contributed by atoms with Gasteiger partial charge in [0.1, 0.15) is 16.5 Å². The molecule has 0 spiro atoms. The summed E-state index contributed by atoms with van der Waals surface area (Å²) in [5, 5.41) is 5.57. The number of nitrogens with two attached hydrogens (primary N) is 1. The molecule has 0 aliphatic heterocycles. The van der Waals surface area contributed by atoms with Gasteiger partial charge in [-0.15, -0.1) is 11.3 Å². The third-order valence-corrected chi connectivity index (χ3v) is 4.55. The van der Waals surface area contributed by atoms with Crippen molar-refractivity contribution in [3.8, 4) is 0 Å². The van der Waals surface area contributed by atoms with Gasteiger partial charge in [-0.25, -0.2) is 4.98 Å². The van der Waals surface area contributed by atoms with Gasteiger partial charge < -0.3 is 15.5 Å². The van der Waals surface area contributed by atoms with E-state index in [1.165, 1.54) is 11.3 Å². The number of thiazole rings is 1. The summed E-state index contributed by atoms with van der Waals surface area (Å²) in [6.07, 6.45) is 4.59. The average Bonchev–Trinajstić information content (AvgIpc) is 3.08. The van der Waals surface area contributed by atoms with Crippen molar-refractivity contribution in [3.63, 3.8) is 0 Å². The van der Waals surface area contributed by atoms with Crippen molar-refractivity contribution in [2.75, 3.05) is 0 Å². The molecule has 1 aliphatic carbocycles. The predicted molar refractivity (Wildman–Crippen MR) is 76.6 cm³/mol. The largest absolute Gasteiger partial charge is 0.469 e. The first-order chi connectivity index (χ1) is 9.65. The van der Waals surface area contributed by atoms with E-state index >= 15 is 0 Å². The number of carbonyl (C=O) groups is 1. The summed E-state index contributed by atoms with van der Waals surface area (Å²) >= 11 is 1.42. The minimum absolute atomic E-state index is 0.0189. The van der Waals surface area contributed by atoms with E-state index in [1.807, 2.05) is 13.0 Å². The van der Waals surface area contributed by atoms with E-state index in [2.05, 4.69) is 10.3 Å². The Hall–Kier alpha value is -1.66. The van der Waals surface area contributed by atoms with Crippen LogP contribution in [0, 0.1) is 0 Å². The van der Waals surface area contributed by atoms with Gasteiger partial charge in [-0.3, -0.25) is 4.79 Å². The first-order valence-electron chi connectivity index (χ1n) is 6.73. The fourth-order valence-corrected chi connectivity index (χ4v) is 3.23. The predicted octanol–water partition coefficient (Wildman–Crippen LogP) is 2.56. The Balaban J connectivity index is 1.74.